The number of carbonyl (C=O) groups excluding carboxylic acids is 1. The molecule has 2 aromatic carbocycles. The summed E-state index contributed by atoms with van der Waals surface area (Å²) in [5.41, 5.74) is 7.51. The van der Waals surface area contributed by atoms with E-state index in [4.69, 9.17) is 0 Å². The molecule has 2 aliphatic rings. The molecule has 5 rings (SSSR count). The van der Waals surface area contributed by atoms with Crippen molar-refractivity contribution < 1.29 is 4.79 Å². The largest absolute Gasteiger partial charge is 0.339 e. The highest BCUT2D eigenvalue weighted by atomic mass is 16.2. The van der Waals surface area contributed by atoms with Gasteiger partial charge in [0.25, 0.3) is 5.91 Å². The minimum atomic E-state index is 0.114. The minimum absolute atomic E-state index is 0.114. The number of aryl methyl sites for hydroxylation is 3. The van der Waals surface area contributed by atoms with Crippen LogP contribution in [0.4, 0.5) is 0 Å². The molecule has 4 nitrogen and oxygen atoms in total. The first-order chi connectivity index (χ1) is 13.6. The lowest BCUT2D eigenvalue weighted by Gasteiger charge is -2.40. The SMILES string of the molecule is Cc1nc2ccc(C(=O)N3CCC4(CCc5ccccc54)CC3)cc2nc1C. The van der Waals surface area contributed by atoms with E-state index < -0.39 is 0 Å². The van der Waals surface area contributed by atoms with Gasteiger partial charge in [0.1, 0.15) is 0 Å². The standard InChI is InChI=1S/C24H25N3O/c1-16-17(2)26-22-15-19(7-8-21(22)25-16)23(28)27-13-11-24(12-14-27)10-9-18-5-3-4-6-20(18)24/h3-8,15H,9-14H2,1-2H3. The van der Waals surface area contributed by atoms with Gasteiger partial charge in [0.2, 0.25) is 0 Å². The van der Waals surface area contributed by atoms with Gasteiger partial charge in [0.05, 0.1) is 22.4 Å². The fourth-order valence-corrected chi connectivity index (χ4v) is 4.97. The highest BCUT2D eigenvalue weighted by Gasteiger charge is 2.41. The minimum Gasteiger partial charge on any atom is -0.339 e. The molecule has 1 spiro atoms. The van der Waals surface area contributed by atoms with Crippen molar-refractivity contribution in [3.8, 4) is 0 Å². The van der Waals surface area contributed by atoms with Crippen molar-refractivity contribution in [2.24, 2.45) is 0 Å². The first-order valence-electron chi connectivity index (χ1n) is 10.2. The Morgan fingerprint density at radius 1 is 0.929 bits per heavy atom. The lowest BCUT2D eigenvalue weighted by atomic mass is 9.74. The summed E-state index contributed by atoms with van der Waals surface area (Å²) in [6.07, 6.45) is 4.51. The summed E-state index contributed by atoms with van der Waals surface area (Å²) in [5.74, 6) is 0.114. The molecule has 4 heteroatoms. The number of aromatic nitrogens is 2. The zero-order valence-electron chi connectivity index (χ0n) is 16.5. The second kappa shape index (κ2) is 6.40. The summed E-state index contributed by atoms with van der Waals surface area (Å²) in [6.45, 7) is 5.57. The molecule has 1 aliphatic carbocycles. The van der Waals surface area contributed by atoms with Gasteiger partial charge < -0.3 is 4.90 Å². The summed E-state index contributed by atoms with van der Waals surface area (Å²) in [5, 5.41) is 0. The van der Waals surface area contributed by atoms with Gasteiger partial charge in [-0.3, -0.25) is 4.79 Å². The Labute approximate surface area is 165 Å². The Kier molecular flexibility index (Phi) is 3.97. The van der Waals surface area contributed by atoms with Crippen molar-refractivity contribution in [2.45, 2.75) is 44.9 Å². The Balaban J connectivity index is 1.36. The van der Waals surface area contributed by atoms with Crippen LogP contribution in [0.25, 0.3) is 11.0 Å². The number of rotatable bonds is 1. The third-order valence-corrected chi connectivity index (χ3v) is 6.79. The van der Waals surface area contributed by atoms with Crippen LogP contribution in [0.1, 0.15) is 52.1 Å². The monoisotopic (exact) mass is 371 g/mol. The number of carbonyl (C=O) groups is 1. The third kappa shape index (κ3) is 2.70. The second-order valence-electron chi connectivity index (χ2n) is 8.33. The van der Waals surface area contributed by atoms with E-state index in [2.05, 4.69) is 34.2 Å². The lowest BCUT2D eigenvalue weighted by molar-refractivity contribution is 0.0666. The summed E-state index contributed by atoms with van der Waals surface area (Å²) in [4.78, 5) is 24.3. The smallest absolute Gasteiger partial charge is 0.253 e. The molecular formula is C24H25N3O. The third-order valence-electron chi connectivity index (χ3n) is 6.79. The number of fused-ring (bicyclic) bond motifs is 3. The van der Waals surface area contributed by atoms with E-state index in [0.717, 1.165) is 48.4 Å². The predicted octanol–water partition coefficient (Wildman–Crippen LogP) is 4.37. The molecule has 1 aliphatic heterocycles. The van der Waals surface area contributed by atoms with Gasteiger partial charge in [-0.25, -0.2) is 9.97 Å². The second-order valence-corrected chi connectivity index (χ2v) is 8.33. The number of hydrogen-bond donors (Lipinski definition) is 0. The van der Waals surface area contributed by atoms with Gasteiger partial charge in [-0.15, -0.1) is 0 Å². The fraction of sp³-hybridized carbons (Fsp3) is 0.375. The number of piperidine rings is 1. The van der Waals surface area contributed by atoms with Gasteiger partial charge in [0.15, 0.2) is 0 Å². The first-order valence-corrected chi connectivity index (χ1v) is 10.2. The van der Waals surface area contributed by atoms with Crippen molar-refractivity contribution in [2.75, 3.05) is 13.1 Å². The highest BCUT2D eigenvalue weighted by molar-refractivity contribution is 5.97. The number of amides is 1. The summed E-state index contributed by atoms with van der Waals surface area (Å²) >= 11 is 0. The van der Waals surface area contributed by atoms with Gasteiger partial charge >= 0.3 is 0 Å². The Morgan fingerprint density at radius 2 is 1.64 bits per heavy atom. The van der Waals surface area contributed by atoms with E-state index in [0.29, 0.717) is 5.56 Å². The van der Waals surface area contributed by atoms with Gasteiger partial charge in [0, 0.05) is 18.7 Å². The average Bonchev–Trinajstić information content (AvgIpc) is 3.07. The zero-order valence-corrected chi connectivity index (χ0v) is 16.5. The van der Waals surface area contributed by atoms with E-state index in [1.54, 1.807) is 0 Å². The van der Waals surface area contributed by atoms with Gasteiger partial charge in [-0.05, 0) is 74.3 Å². The van der Waals surface area contributed by atoms with Gasteiger partial charge in [-0.2, -0.15) is 0 Å². The van der Waals surface area contributed by atoms with Crippen LogP contribution in [0, 0.1) is 13.8 Å². The molecule has 0 atom stereocenters. The number of hydrogen-bond acceptors (Lipinski definition) is 3. The average molecular weight is 371 g/mol. The Bertz CT molecular complexity index is 1080. The Morgan fingerprint density at radius 3 is 2.43 bits per heavy atom. The molecule has 1 fully saturated rings. The maximum Gasteiger partial charge on any atom is 0.253 e. The molecular weight excluding hydrogens is 346 g/mol. The molecule has 0 unspecified atom stereocenters. The van der Waals surface area contributed by atoms with Crippen LogP contribution in [-0.2, 0) is 11.8 Å². The van der Waals surface area contributed by atoms with Crippen molar-refractivity contribution in [3.63, 3.8) is 0 Å². The van der Waals surface area contributed by atoms with E-state index in [1.165, 1.54) is 24.0 Å². The molecule has 142 valence electrons. The van der Waals surface area contributed by atoms with Crippen LogP contribution in [-0.4, -0.2) is 33.9 Å². The molecule has 0 radical (unpaired) electrons. The molecule has 1 amide bonds. The molecule has 1 aromatic heterocycles. The van der Waals surface area contributed by atoms with Crippen LogP contribution in [0.5, 0.6) is 0 Å². The van der Waals surface area contributed by atoms with Crippen molar-refractivity contribution in [3.05, 3.63) is 70.5 Å². The molecule has 0 saturated carbocycles. The zero-order chi connectivity index (χ0) is 19.3. The van der Waals surface area contributed by atoms with Crippen LogP contribution in [0.15, 0.2) is 42.5 Å². The quantitative estimate of drug-likeness (QED) is 0.638. The lowest BCUT2D eigenvalue weighted by Crippen LogP contribution is -2.44. The van der Waals surface area contributed by atoms with Crippen LogP contribution in [0.3, 0.4) is 0 Å². The predicted molar refractivity (Wildman–Crippen MR) is 111 cm³/mol. The van der Waals surface area contributed by atoms with Crippen molar-refractivity contribution in [1.29, 1.82) is 0 Å². The molecule has 28 heavy (non-hydrogen) atoms. The maximum absolute atomic E-state index is 13.1. The van der Waals surface area contributed by atoms with Crippen LogP contribution in [0.2, 0.25) is 0 Å². The van der Waals surface area contributed by atoms with E-state index >= 15 is 0 Å². The van der Waals surface area contributed by atoms with Crippen LogP contribution >= 0.6 is 0 Å². The van der Waals surface area contributed by atoms with E-state index in [1.807, 2.05) is 36.9 Å². The fourth-order valence-electron chi connectivity index (χ4n) is 4.97. The molecule has 2 heterocycles. The summed E-state index contributed by atoms with van der Waals surface area (Å²) < 4.78 is 0. The number of benzene rings is 2. The molecule has 0 bridgehead atoms. The van der Waals surface area contributed by atoms with E-state index in [9.17, 15) is 4.79 Å². The molecule has 1 saturated heterocycles. The van der Waals surface area contributed by atoms with Crippen LogP contribution < -0.4 is 0 Å². The van der Waals surface area contributed by atoms with Crippen molar-refractivity contribution >= 4 is 16.9 Å². The van der Waals surface area contributed by atoms with E-state index in [-0.39, 0.29) is 11.3 Å². The summed E-state index contributed by atoms with van der Waals surface area (Å²) in [6, 6.07) is 14.6. The number of likely N-dealkylation sites (tertiary alicyclic amines) is 1. The highest BCUT2D eigenvalue weighted by Crippen LogP contribution is 2.46. The Hall–Kier alpha value is -2.75. The van der Waals surface area contributed by atoms with Gasteiger partial charge in [-0.1, -0.05) is 24.3 Å². The molecule has 0 N–H and O–H groups in total. The van der Waals surface area contributed by atoms with Crippen molar-refractivity contribution in [1.82, 2.24) is 14.9 Å². The number of nitrogens with zero attached hydrogens (tertiary/aromatic N) is 3. The first kappa shape index (κ1) is 17.4. The topological polar surface area (TPSA) is 46.1 Å². The summed E-state index contributed by atoms with van der Waals surface area (Å²) in [7, 11) is 0. The maximum atomic E-state index is 13.1. The molecule has 3 aromatic rings. The normalized spacial score (nSPS) is 17.9.